The zero-order valence-electron chi connectivity index (χ0n) is 11.2. The van der Waals surface area contributed by atoms with E-state index in [0.29, 0.717) is 25.2 Å². The summed E-state index contributed by atoms with van der Waals surface area (Å²) in [6.07, 6.45) is -0.374. The Bertz CT molecular complexity index is 451. The van der Waals surface area contributed by atoms with Crippen molar-refractivity contribution in [3.8, 4) is 5.75 Å². The Morgan fingerprint density at radius 1 is 1.38 bits per heavy atom. The molecule has 1 aliphatic rings. The molecule has 0 aromatic heterocycles. The van der Waals surface area contributed by atoms with Crippen LogP contribution in [0.5, 0.6) is 5.75 Å². The Morgan fingerprint density at radius 3 is 2.71 bits per heavy atom. The number of hydrogen-bond acceptors (Lipinski definition) is 4. The topological polar surface area (TPSA) is 53.5 Å². The molecule has 1 aliphatic heterocycles. The van der Waals surface area contributed by atoms with Crippen molar-refractivity contribution in [1.29, 1.82) is 0 Å². The van der Waals surface area contributed by atoms with Gasteiger partial charge in [0.2, 0.25) is 0 Å². The molecular formula is C13H18ClF3N2O2. The average Bonchev–Trinajstić information content (AvgIpc) is 2.78. The summed E-state index contributed by atoms with van der Waals surface area (Å²) in [5.74, 6) is -1.15. The van der Waals surface area contributed by atoms with Crippen LogP contribution in [0.25, 0.3) is 0 Å². The fourth-order valence-corrected chi connectivity index (χ4v) is 2.18. The zero-order chi connectivity index (χ0) is 14.5. The molecule has 2 atom stereocenters. The maximum atomic E-state index is 13.5. The summed E-state index contributed by atoms with van der Waals surface area (Å²) < 4.78 is 41.5. The first-order valence-corrected chi connectivity index (χ1v) is 6.39. The number of nitrogens with one attached hydrogen (secondary N) is 2. The standard InChI is InChI=1S/C13H17F3N2O2.ClH/c14-10-3-8(1-2-12(10)20-13(15)16)4-17-5-9-6-18-7-11(9)19;/h1-3,9,11,13,17-19H,4-7H2;1H. The second kappa shape index (κ2) is 8.43. The molecule has 2 rings (SSSR count). The normalized spacial score (nSPS) is 21.4. The highest BCUT2D eigenvalue weighted by Crippen LogP contribution is 2.20. The van der Waals surface area contributed by atoms with Crippen LogP contribution in [-0.2, 0) is 6.54 Å². The number of β-amino-alcohol motifs (C(OH)–C–C–N with tert-alkyl or cyclic N) is 1. The highest BCUT2D eigenvalue weighted by atomic mass is 35.5. The molecule has 1 aromatic carbocycles. The Labute approximate surface area is 127 Å². The van der Waals surface area contributed by atoms with Gasteiger partial charge in [0.05, 0.1) is 6.10 Å². The van der Waals surface area contributed by atoms with Crippen LogP contribution in [-0.4, -0.2) is 37.5 Å². The second-order valence-electron chi connectivity index (χ2n) is 4.76. The number of benzene rings is 1. The van der Waals surface area contributed by atoms with E-state index in [0.717, 1.165) is 12.6 Å². The van der Waals surface area contributed by atoms with Crippen molar-refractivity contribution in [1.82, 2.24) is 10.6 Å². The number of aliphatic hydroxyl groups is 1. The molecule has 0 radical (unpaired) electrons. The molecule has 4 nitrogen and oxygen atoms in total. The second-order valence-corrected chi connectivity index (χ2v) is 4.76. The number of ether oxygens (including phenoxy) is 1. The third-order valence-electron chi connectivity index (χ3n) is 3.25. The molecule has 0 bridgehead atoms. The van der Waals surface area contributed by atoms with E-state index in [1.165, 1.54) is 12.1 Å². The lowest BCUT2D eigenvalue weighted by molar-refractivity contribution is -0.0522. The summed E-state index contributed by atoms with van der Waals surface area (Å²) >= 11 is 0. The molecule has 8 heteroatoms. The van der Waals surface area contributed by atoms with Crippen LogP contribution in [0.2, 0.25) is 0 Å². The highest BCUT2D eigenvalue weighted by Gasteiger charge is 2.24. The predicted octanol–water partition coefficient (Wildman–Crippen LogP) is 1.52. The van der Waals surface area contributed by atoms with Crippen molar-refractivity contribution in [2.75, 3.05) is 19.6 Å². The highest BCUT2D eigenvalue weighted by molar-refractivity contribution is 5.85. The van der Waals surface area contributed by atoms with Gasteiger partial charge in [-0.15, -0.1) is 12.4 Å². The van der Waals surface area contributed by atoms with Crippen molar-refractivity contribution >= 4 is 12.4 Å². The minimum atomic E-state index is -3.04. The van der Waals surface area contributed by atoms with E-state index in [2.05, 4.69) is 15.4 Å². The van der Waals surface area contributed by atoms with Crippen LogP contribution in [0.15, 0.2) is 18.2 Å². The molecule has 120 valence electrons. The zero-order valence-corrected chi connectivity index (χ0v) is 12.0. The van der Waals surface area contributed by atoms with Crippen LogP contribution in [0, 0.1) is 11.7 Å². The SMILES string of the molecule is Cl.OC1CNCC1CNCc1ccc(OC(F)F)c(F)c1. The molecule has 2 unspecified atom stereocenters. The van der Waals surface area contributed by atoms with Gasteiger partial charge in [-0.05, 0) is 17.7 Å². The van der Waals surface area contributed by atoms with Crippen molar-refractivity contribution in [3.05, 3.63) is 29.6 Å². The van der Waals surface area contributed by atoms with Gasteiger partial charge in [0, 0.05) is 32.1 Å². The van der Waals surface area contributed by atoms with Crippen LogP contribution in [0.4, 0.5) is 13.2 Å². The van der Waals surface area contributed by atoms with Crippen LogP contribution < -0.4 is 15.4 Å². The summed E-state index contributed by atoms with van der Waals surface area (Å²) in [4.78, 5) is 0. The molecule has 0 amide bonds. The molecule has 3 N–H and O–H groups in total. The summed E-state index contributed by atoms with van der Waals surface area (Å²) in [7, 11) is 0. The van der Waals surface area contributed by atoms with Gasteiger partial charge in [-0.2, -0.15) is 8.78 Å². The summed E-state index contributed by atoms with van der Waals surface area (Å²) in [6.45, 7) is -0.713. The lowest BCUT2D eigenvalue weighted by Gasteiger charge is -2.14. The molecule has 0 saturated carbocycles. The molecule has 21 heavy (non-hydrogen) atoms. The van der Waals surface area contributed by atoms with Crippen LogP contribution in [0.3, 0.4) is 0 Å². The molecule has 1 fully saturated rings. The van der Waals surface area contributed by atoms with Crippen LogP contribution in [0.1, 0.15) is 5.56 Å². The van der Waals surface area contributed by atoms with Crippen molar-refractivity contribution in [2.24, 2.45) is 5.92 Å². The predicted molar refractivity (Wildman–Crippen MR) is 74.4 cm³/mol. The number of alkyl halides is 2. The first-order chi connectivity index (χ1) is 9.56. The van der Waals surface area contributed by atoms with Crippen molar-refractivity contribution < 1.29 is 23.0 Å². The lowest BCUT2D eigenvalue weighted by atomic mass is 10.1. The van der Waals surface area contributed by atoms with E-state index in [1.54, 1.807) is 0 Å². The Balaban J connectivity index is 0.00000220. The maximum absolute atomic E-state index is 13.5. The molecule has 1 heterocycles. The fourth-order valence-electron chi connectivity index (χ4n) is 2.18. The molecular weight excluding hydrogens is 309 g/mol. The van der Waals surface area contributed by atoms with E-state index < -0.39 is 18.2 Å². The third-order valence-corrected chi connectivity index (χ3v) is 3.25. The monoisotopic (exact) mass is 326 g/mol. The minimum absolute atomic E-state index is 0. The van der Waals surface area contributed by atoms with Crippen molar-refractivity contribution in [3.63, 3.8) is 0 Å². The van der Waals surface area contributed by atoms with Crippen molar-refractivity contribution in [2.45, 2.75) is 19.3 Å². The van der Waals surface area contributed by atoms with Gasteiger partial charge < -0.3 is 20.5 Å². The maximum Gasteiger partial charge on any atom is 0.387 e. The van der Waals surface area contributed by atoms with Gasteiger partial charge in [0.15, 0.2) is 11.6 Å². The van der Waals surface area contributed by atoms with Gasteiger partial charge in [0.25, 0.3) is 0 Å². The summed E-state index contributed by atoms with van der Waals surface area (Å²) in [6, 6.07) is 3.87. The quantitative estimate of drug-likeness (QED) is 0.742. The van der Waals surface area contributed by atoms with E-state index >= 15 is 0 Å². The van der Waals surface area contributed by atoms with Crippen LogP contribution >= 0.6 is 12.4 Å². The Kier molecular flexibility index (Phi) is 7.24. The summed E-state index contributed by atoms with van der Waals surface area (Å²) in [5, 5.41) is 15.8. The lowest BCUT2D eigenvalue weighted by Crippen LogP contribution is -2.30. The average molecular weight is 327 g/mol. The van der Waals surface area contributed by atoms with Gasteiger partial charge in [-0.25, -0.2) is 4.39 Å². The van der Waals surface area contributed by atoms with Gasteiger partial charge in [0.1, 0.15) is 0 Å². The van der Waals surface area contributed by atoms with E-state index in [4.69, 9.17) is 0 Å². The van der Waals surface area contributed by atoms with Gasteiger partial charge in [-0.1, -0.05) is 6.07 Å². The smallest absolute Gasteiger partial charge is 0.387 e. The largest absolute Gasteiger partial charge is 0.432 e. The molecule has 1 saturated heterocycles. The number of halogens is 4. The number of aliphatic hydroxyl groups excluding tert-OH is 1. The third kappa shape index (κ3) is 5.35. The minimum Gasteiger partial charge on any atom is -0.432 e. The Morgan fingerprint density at radius 2 is 2.14 bits per heavy atom. The Hall–Kier alpha value is -1.02. The number of hydrogen-bond donors (Lipinski definition) is 3. The van der Waals surface area contributed by atoms with Gasteiger partial charge >= 0.3 is 6.61 Å². The first kappa shape index (κ1) is 18.0. The first-order valence-electron chi connectivity index (χ1n) is 6.39. The summed E-state index contributed by atoms with van der Waals surface area (Å²) in [5.41, 5.74) is 0.629. The molecule has 1 aromatic rings. The molecule has 0 aliphatic carbocycles. The van der Waals surface area contributed by atoms with E-state index in [-0.39, 0.29) is 24.4 Å². The number of rotatable bonds is 6. The fraction of sp³-hybridized carbons (Fsp3) is 0.538. The van der Waals surface area contributed by atoms with Gasteiger partial charge in [-0.3, -0.25) is 0 Å². The van der Waals surface area contributed by atoms with E-state index in [1.807, 2.05) is 0 Å². The molecule has 0 spiro atoms. The van der Waals surface area contributed by atoms with E-state index in [9.17, 15) is 18.3 Å².